The molecule has 0 saturated carbocycles. The Balaban J connectivity index is 0.981. The summed E-state index contributed by atoms with van der Waals surface area (Å²) in [6, 6.07) is 69.3. The number of carboxylic acids is 2. The van der Waals surface area contributed by atoms with Crippen molar-refractivity contribution in [3.63, 3.8) is 0 Å². The number of carboxylic acid groups (broad SMARTS) is 2. The van der Waals surface area contributed by atoms with Crippen LogP contribution in [0.4, 0.5) is 34.1 Å². The first-order valence-corrected chi connectivity index (χ1v) is 38.4. The number of anilines is 6. The summed E-state index contributed by atoms with van der Waals surface area (Å²) in [6.07, 6.45) is 23.2. The molecule has 0 spiro atoms. The van der Waals surface area contributed by atoms with Crippen molar-refractivity contribution in [2.75, 3.05) is 23.0 Å². The van der Waals surface area contributed by atoms with Crippen molar-refractivity contribution in [2.24, 2.45) is 0 Å². The first kappa shape index (κ1) is 71.0. The summed E-state index contributed by atoms with van der Waals surface area (Å²) in [5, 5.41) is 37.8. The summed E-state index contributed by atoms with van der Waals surface area (Å²) >= 11 is 6.32. The molecule has 1 aliphatic carbocycles. The van der Waals surface area contributed by atoms with Crippen LogP contribution >= 0.6 is 45.3 Å². The average Bonchev–Trinajstić information content (AvgIpc) is 1.56. The van der Waals surface area contributed by atoms with Crippen molar-refractivity contribution in [3.05, 3.63) is 214 Å². The van der Waals surface area contributed by atoms with Crippen LogP contribution in [-0.4, -0.2) is 35.4 Å². The molecule has 0 atom stereocenters. The van der Waals surface area contributed by atoms with Crippen molar-refractivity contribution in [3.8, 4) is 75.2 Å². The minimum Gasteiger partial charge on any atom is -0.494 e. The lowest BCUT2D eigenvalue weighted by Crippen LogP contribution is -2.26. The Hall–Kier alpha value is -9.28. The third-order valence-corrected chi connectivity index (χ3v) is 23.3. The van der Waals surface area contributed by atoms with Gasteiger partial charge >= 0.3 is 11.9 Å². The highest BCUT2D eigenvalue weighted by atomic mass is 32.1. The van der Waals surface area contributed by atoms with Crippen LogP contribution in [0.2, 0.25) is 0 Å². The zero-order valence-corrected chi connectivity index (χ0v) is 60.3. The highest BCUT2D eigenvalue weighted by molar-refractivity contribution is 7.24. The number of unbranched alkanes of at least 4 members (excludes halogenated alkanes) is 12. The molecule has 0 saturated heterocycles. The topological polar surface area (TPSA) is 147 Å². The second-order valence-electron chi connectivity index (χ2n) is 25.4. The molecule has 6 aromatic carbocycles. The van der Waals surface area contributed by atoms with Crippen LogP contribution in [0.5, 0.6) is 11.5 Å². The van der Waals surface area contributed by atoms with Gasteiger partial charge in [-0.3, -0.25) is 0 Å². The molecule has 0 bridgehead atoms. The maximum absolute atomic E-state index is 11.6. The van der Waals surface area contributed by atoms with Gasteiger partial charge in [-0.2, -0.15) is 10.5 Å². The number of fused-ring (bicyclic) bond motifs is 3. The van der Waals surface area contributed by atoms with Crippen molar-refractivity contribution in [1.29, 1.82) is 10.5 Å². The highest BCUT2D eigenvalue weighted by Crippen LogP contribution is 2.57. The van der Waals surface area contributed by atoms with Crippen LogP contribution < -0.4 is 19.3 Å². The quantitative estimate of drug-likeness (QED) is 0.0221. The second-order valence-corrected chi connectivity index (χ2v) is 29.8. The van der Waals surface area contributed by atoms with Gasteiger partial charge in [0.1, 0.15) is 34.8 Å². The van der Waals surface area contributed by atoms with Gasteiger partial charge in [-0.15, -0.1) is 45.3 Å². The Morgan fingerprint density at radius 3 is 1.07 bits per heavy atom. The number of thiophene rings is 4. The predicted octanol–water partition coefficient (Wildman–Crippen LogP) is 25.6. The van der Waals surface area contributed by atoms with Gasteiger partial charge in [0.25, 0.3) is 0 Å². The Kier molecular flexibility index (Phi) is 24.7. The molecule has 1 aliphatic rings. The van der Waals surface area contributed by atoms with Crippen molar-refractivity contribution >= 4 is 104 Å². The number of nitriles is 2. The third-order valence-electron chi connectivity index (χ3n) is 18.5. The fraction of sp³-hybridized carbons (Fsp3) is 0.294. The number of nitrogens with zero attached hydrogens (tertiary/aromatic N) is 4. The summed E-state index contributed by atoms with van der Waals surface area (Å²) in [4.78, 5) is 35.9. The Morgan fingerprint density at radius 2 is 0.717 bits per heavy atom. The molecule has 0 radical (unpaired) electrons. The van der Waals surface area contributed by atoms with Crippen molar-refractivity contribution in [1.82, 2.24) is 0 Å². The van der Waals surface area contributed by atoms with E-state index in [4.69, 9.17) is 9.47 Å². The smallest absolute Gasteiger partial charge is 0.346 e. The molecule has 4 heterocycles. The highest BCUT2D eigenvalue weighted by Gasteiger charge is 2.43. The minimum absolute atomic E-state index is 0.288. The Bertz CT molecular complexity index is 4210. The maximum atomic E-state index is 11.6. The number of hydrogen-bond acceptors (Lipinski definition) is 12. The molecule has 506 valence electrons. The molecular formula is C85H86N4O6S4. The van der Waals surface area contributed by atoms with E-state index in [1.807, 2.05) is 24.3 Å². The zero-order valence-electron chi connectivity index (χ0n) is 57.1. The molecule has 11 rings (SSSR count). The molecular weight excluding hydrogens is 1300 g/mol. The lowest BCUT2D eigenvalue weighted by atomic mass is 9.70. The molecule has 99 heavy (non-hydrogen) atoms. The lowest BCUT2D eigenvalue weighted by Gasteiger charge is -2.35. The van der Waals surface area contributed by atoms with Crippen LogP contribution in [0.15, 0.2) is 193 Å². The summed E-state index contributed by atoms with van der Waals surface area (Å²) in [7, 11) is 0. The summed E-state index contributed by atoms with van der Waals surface area (Å²) in [6.45, 7) is 10.4. The lowest BCUT2D eigenvalue weighted by molar-refractivity contribution is -0.133. The van der Waals surface area contributed by atoms with E-state index >= 15 is 0 Å². The van der Waals surface area contributed by atoms with E-state index in [1.54, 1.807) is 34.8 Å². The standard InChI is InChI=1S/C85H86N4O6S4/c1-5-9-13-17-49-85(50-18-14-10-6-2)75-55-67(88(65-29-35-69(36-30-65)94-51-19-15-11-7-3)63-25-21-59(22-26-63)77-45-47-81(98-77)79-43-39-71(96-79)53-61(57-86)83(90)91)33-41-73(75)74-42-34-68(56-76(74)85)89(66-31-37-70(38-32-66)95-52-20-16-12-8-4)64-27-23-60(24-28-64)78-46-48-82(99-78)80-44-40-72(97-80)54-62(58-87)84(92)93/h21-48,53-56H,5-20,49-52H2,1-4H3,(H,90,91)(H,92,93)/b61-53-,62-54-. The van der Waals surface area contributed by atoms with E-state index in [0.717, 1.165) is 163 Å². The third kappa shape index (κ3) is 17.2. The van der Waals surface area contributed by atoms with Gasteiger partial charge in [-0.1, -0.05) is 154 Å². The Morgan fingerprint density at radius 1 is 0.394 bits per heavy atom. The molecule has 0 amide bonds. The van der Waals surface area contributed by atoms with E-state index in [1.165, 1.54) is 95.6 Å². The molecule has 2 N–H and O–H groups in total. The molecule has 10 aromatic rings. The fourth-order valence-corrected chi connectivity index (χ4v) is 17.4. The van der Waals surface area contributed by atoms with Crippen LogP contribution in [0, 0.1) is 22.7 Å². The van der Waals surface area contributed by atoms with E-state index in [-0.39, 0.29) is 16.6 Å². The van der Waals surface area contributed by atoms with Gasteiger partial charge in [0, 0.05) is 78.6 Å². The van der Waals surface area contributed by atoms with Crippen LogP contribution in [0.25, 0.3) is 63.7 Å². The summed E-state index contributed by atoms with van der Waals surface area (Å²) < 4.78 is 12.7. The fourth-order valence-electron chi connectivity index (χ4n) is 13.3. The first-order valence-electron chi connectivity index (χ1n) is 35.1. The molecule has 4 aromatic heterocycles. The average molecular weight is 1390 g/mol. The van der Waals surface area contributed by atoms with Crippen LogP contribution in [0.1, 0.15) is 164 Å². The van der Waals surface area contributed by atoms with E-state index in [9.17, 15) is 30.3 Å². The monoisotopic (exact) mass is 1390 g/mol. The van der Waals surface area contributed by atoms with Gasteiger partial charge in [0.05, 0.1) is 13.2 Å². The molecule has 0 aliphatic heterocycles. The van der Waals surface area contributed by atoms with E-state index < -0.39 is 11.9 Å². The number of aliphatic carboxylic acids is 2. The number of benzene rings is 6. The number of carbonyl (C=O) groups is 2. The van der Waals surface area contributed by atoms with E-state index in [2.05, 4.69) is 195 Å². The van der Waals surface area contributed by atoms with Gasteiger partial charge in [-0.25, -0.2) is 9.59 Å². The Labute approximate surface area is 600 Å². The van der Waals surface area contributed by atoms with Gasteiger partial charge in [0.15, 0.2) is 0 Å². The van der Waals surface area contributed by atoms with Gasteiger partial charge in [-0.05, 0) is 217 Å². The SMILES string of the molecule is CCCCCCOc1ccc(N(c2ccc(-c3ccc(-c4ccc(/C=C(/C#N)C(=O)O)s4)s3)cc2)c2ccc3c(c2)C(CCCCCC)(CCCCCC)c2cc(N(c4ccc(OCCCCCC)cc4)c4ccc(-c5ccc(-c6ccc(/C=C(/C#N)C(=O)O)s6)s5)cc4)ccc2-3)cc1. The summed E-state index contributed by atoms with van der Waals surface area (Å²) in [5.74, 6) is -0.749. The maximum Gasteiger partial charge on any atom is 0.346 e. The van der Waals surface area contributed by atoms with Crippen molar-refractivity contribution in [2.45, 2.75) is 149 Å². The number of hydrogen-bond donors (Lipinski definition) is 2. The molecule has 0 fully saturated rings. The number of ether oxygens (including phenoxy) is 2. The van der Waals surface area contributed by atoms with Gasteiger partial charge < -0.3 is 29.5 Å². The zero-order chi connectivity index (χ0) is 69.1. The minimum atomic E-state index is -1.24. The second kappa shape index (κ2) is 34.5. The van der Waals surface area contributed by atoms with Crippen molar-refractivity contribution < 1.29 is 29.3 Å². The molecule has 0 unspecified atom stereocenters. The normalized spacial score (nSPS) is 12.4. The largest absolute Gasteiger partial charge is 0.494 e. The molecule has 14 heteroatoms. The van der Waals surface area contributed by atoms with Gasteiger partial charge in [0.2, 0.25) is 0 Å². The van der Waals surface area contributed by atoms with Crippen LogP contribution in [-0.2, 0) is 15.0 Å². The van der Waals surface area contributed by atoms with Crippen LogP contribution in [0.3, 0.4) is 0 Å². The molecule has 10 nitrogen and oxygen atoms in total. The number of rotatable bonds is 36. The van der Waals surface area contributed by atoms with E-state index in [0.29, 0.717) is 23.0 Å². The predicted molar refractivity (Wildman–Crippen MR) is 415 cm³/mol. The summed E-state index contributed by atoms with van der Waals surface area (Å²) in [5.41, 5.74) is 13.0. The first-order chi connectivity index (χ1) is 48.4.